The highest BCUT2D eigenvalue weighted by Crippen LogP contribution is 2.23. The van der Waals surface area contributed by atoms with Crippen molar-refractivity contribution >= 4 is 53.2 Å². The molecule has 0 spiro atoms. The molecule has 1 heterocycles. The average molecular weight is 384 g/mol. The maximum Gasteiger partial charge on any atom is 0.216 e. The van der Waals surface area contributed by atoms with Gasteiger partial charge in [0, 0.05) is 16.1 Å². The number of hydrogen-bond acceptors (Lipinski definition) is 3. The van der Waals surface area contributed by atoms with E-state index < -0.39 is 0 Å². The molecular formula is C15H9Cl3N4S. The van der Waals surface area contributed by atoms with Gasteiger partial charge in [-0.05, 0) is 48.6 Å². The molecule has 0 aliphatic carbocycles. The fraction of sp³-hybridized carbons (Fsp3) is 0. The Hall–Kier alpha value is -1.66. The lowest BCUT2D eigenvalue weighted by molar-refractivity contribution is 0.871. The summed E-state index contributed by atoms with van der Waals surface area (Å²) in [5.74, 6) is 0.561. The van der Waals surface area contributed by atoms with Gasteiger partial charge in [-0.15, -0.1) is 0 Å². The minimum absolute atomic E-state index is 0.356. The molecule has 0 amide bonds. The summed E-state index contributed by atoms with van der Waals surface area (Å²) in [7, 11) is 0. The van der Waals surface area contributed by atoms with Crippen LogP contribution in [0.25, 0.3) is 11.4 Å². The fourth-order valence-electron chi connectivity index (χ4n) is 1.93. The molecule has 2 aromatic carbocycles. The van der Waals surface area contributed by atoms with Crippen LogP contribution >= 0.6 is 47.0 Å². The molecule has 23 heavy (non-hydrogen) atoms. The summed E-state index contributed by atoms with van der Waals surface area (Å²) in [6, 6.07) is 12.5. The summed E-state index contributed by atoms with van der Waals surface area (Å²) in [5, 5.41) is 12.9. The predicted molar refractivity (Wildman–Crippen MR) is 97.3 cm³/mol. The van der Waals surface area contributed by atoms with Crippen LogP contribution in [0.3, 0.4) is 0 Å². The third kappa shape index (κ3) is 3.48. The van der Waals surface area contributed by atoms with Gasteiger partial charge in [0.1, 0.15) is 0 Å². The van der Waals surface area contributed by atoms with Crippen molar-refractivity contribution in [3.8, 4) is 11.4 Å². The van der Waals surface area contributed by atoms with Crippen LogP contribution in [0, 0.1) is 4.77 Å². The van der Waals surface area contributed by atoms with Crippen molar-refractivity contribution < 1.29 is 0 Å². The maximum atomic E-state index is 6.13. The van der Waals surface area contributed by atoms with Gasteiger partial charge in [-0.1, -0.05) is 40.9 Å². The van der Waals surface area contributed by atoms with Crippen LogP contribution in [0.15, 0.2) is 47.6 Å². The van der Waals surface area contributed by atoms with Gasteiger partial charge in [-0.25, -0.2) is 5.10 Å². The predicted octanol–water partition coefficient (Wildman–Crippen LogP) is 5.45. The molecule has 1 aromatic heterocycles. The molecule has 0 saturated heterocycles. The van der Waals surface area contributed by atoms with E-state index in [-0.39, 0.29) is 0 Å². The van der Waals surface area contributed by atoms with Gasteiger partial charge in [0.15, 0.2) is 5.82 Å². The molecule has 0 bridgehead atoms. The Morgan fingerprint density at radius 3 is 2.35 bits per heavy atom. The highest BCUT2D eigenvalue weighted by molar-refractivity contribution is 7.71. The number of aromatic nitrogens is 3. The normalized spacial score (nSPS) is 11.3. The summed E-state index contributed by atoms with van der Waals surface area (Å²) in [6.07, 6.45) is 1.55. The number of nitrogens with one attached hydrogen (secondary N) is 1. The molecule has 116 valence electrons. The summed E-state index contributed by atoms with van der Waals surface area (Å²) in [6.45, 7) is 0. The lowest BCUT2D eigenvalue weighted by Gasteiger charge is -2.03. The molecule has 0 aliphatic rings. The zero-order chi connectivity index (χ0) is 16.4. The number of benzene rings is 2. The Bertz CT molecular complexity index is 908. The minimum atomic E-state index is 0.356. The highest BCUT2D eigenvalue weighted by atomic mass is 35.5. The van der Waals surface area contributed by atoms with Gasteiger partial charge >= 0.3 is 0 Å². The van der Waals surface area contributed by atoms with E-state index in [1.54, 1.807) is 36.5 Å². The smallest absolute Gasteiger partial charge is 0.216 e. The summed E-state index contributed by atoms with van der Waals surface area (Å²) >= 11 is 23.4. The molecule has 0 unspecified atom stereocenters. The molecule has 3 rings (SSSR count). The van der Waals surface area contributed by atoms with Crippen molar-refractivity contribution in [2.45, 2.75) is 0 Å². The van der Waals surface area contributed by atoms with Crippen LogP contribution in [-0.2, 0) is 0 Å². The Morgan fingerprint density at radius 2 is 1.70 bits per heavy atom. The van der Waals surface area contributed by atoms with Crippen molar-refractivity contribution in [2.24, 2.45) is 5.10 Å². The second-order valence-corrected chi connectivity index (χ2v) is 6.19. The van der Waals surface area contributed by atoms with Gasteiger partial charge < -0.3 is 0 Å². The monoisotopic (exact) mass is 382 g/mol. The van der Waals surface area contributed by atoms with Gasteiger partial charge in [0.25, 0.3) is 0 Å². The summed E-state index contributed by atoms with van der Waals surface area (Å²) in [4.78, 5) is 0. The van der Waals surface area contributed by atoms with Crippen LogP contribution in [0.5, 0.6) is 0 Å². The third-order valence-electron chi connectivity index (χ3n) is 3.05. The second-order valence-electron chi connectivity index (χ2n) is 4.55. The first-order valence-corrected chi connectivity index (χ1v) is 8.02. The van der Waals surface area contributed by atoms with Crippen molar-refractivity contribution in [1.29, 1.82) is 0 Å². The molecule has 4 nitrogen and oxygen atoms in total. The third-order valence-corrected chi connectivity index (χ3v) is 4.23. The molecule has 0 aliphatic heterocycles. The molecular weight excluding hydrogens is 375 g/mol. The van der Waals surface area contributed by atoms with Crippen LogP contribution in [0.1, 0.15) is 5.56 Å². The van der Waals surface area contributed by atoms with Crippen LogP contribution in [-0.4, -0.2) is 21.1 Å². The first kappa shape index (κ1) is 16.2. The zero-order valence-corrected chi connectivity index (χ0v) is 14.6. The van der Waals surface area contributed by atoms with E-state index in [0.29, 0.717) is 31.2 Å². The summed E-state index contributed by atoms with van der Waals surface area (Å²) in [5.41, 5.74) is 1.44. The van der Waals surface area contributed by atoms with E-state index in [1.807, 2.05) is 12.1 Å². The lowest BCUT2D eigenvalue weighted by atomic mass is 10.2. The van der Waals surface area contributed by atoms with E-state index in [4.69, 9.17) is 47.0 Å². The lowest BCUT2D eigenvalue weighted by Crippen LogP contribution is -1.95. The van der Waals surface area contributed by atoms with Crippen molar-refractivity contribution in [2.75, 3.05) is 0 Å². The molecule has 1 N–H and O–H groups in total. The number of rotatable bonds is 3. The minimum Gasteiger partial charge on any atom is -0.250 e. The van der Waals surface area contributed by atoms with E-state index >= 15 is 0 Å². The Kier molecular flexibility index (Phi) is 4.82. The number of hydrogen-bond donors (Lipinski definition) is 1. The van der Waals surface area contributed by atoms with E-state index in [1.165, 1.54) is 4.68 Å². The van der Waals surface area contributed by atoms with Crippen molar-refractivity contribution in [3.63, 3.8) is 0 Å². The molecule has 8 heteroatoms. The zero-order valence-electron chi connectivity index (χ0n) is 11.5. The Balaban J connectivity index is 2.04. The van der Waals surface area contributed by atoms with Crippen LogP contribution < -0.4 is 0 Å². The van der Waals surface area contributed by atoms with E-state index in [0.717, 1.165) is 5.56 Å². The maximum absolute atomic E-state index is 6.13. The van der Waals surface area contributed by atoms with Crippen LogP contribution in [0.4, 0.5) is 0 Å². The standard InChI is InChI=1S/C15H9Cl3N4S/c16-10-6-4-9(5-7-10)14-20-21-15(23)22(14)19-8-11-12(17)2-1-3-13(11)18/h1-8H,(H,21,23)/b19-8+. The summed E-state index contributed by atoms with van der Waals surface area (Å²) < 4.78 is 1.85. The number of nitrogens with zero attached hydrogens (tertiary/aromatic N) is 3. The first-order valence-electron chi connectivity index (χ1n) is 6.48. The average Bonchev–Trinajstić information content (AvgIpc) is 2.89. The van der Waals surface area contributed by atoms with Crippen LogP contribution in [0.2, 0.25) is 15.1 Å². The SMILES string of the molecule is S=c1[nH]nc(-c2ccc(Cl)cc2)n1/N=C/c1c(Cl)cccc1Cl. The molecule has 0 saturated carbocycles. The van der Waals surface area contributed by atoms with E-state index in [9.17, 15) is 0 Å². The number of H-pyrrole nitrogens is 1. The number of halogens is 3. The van der Waals surface area contributed by atoms with Crippen molar-refractivity contribution in [1.82, 2.24) is 14.9 Å². The fourth-order valence-corrected chi connectivity index (χ4v) is 2.73. The Labute approximate surface area is 152 Å². The van der Waals surface area contributed by atoms with Gasteiger partial charge in [0.05, 0.1) is 16.3 Å². The largest absolute Gasteiger partial charge is 0.250 e. The van der Waals surface area contributed by atoms with E-state index in [2.05, 4.69) is 15.3 Å². The van der Waals surface area contributed by atoms with Gasteiger partial charge in [-0.3, -0.25) is 0 Å². The highest BCUT2D eigenvalue weighted by Gasteiger charge is 2.09. The quantitative estimate of drug-likeness (QED) is 0.483. The topological polar surface area (TPSA) is 46.0 Å². The van der Waals surface area contributed by atoms with Gasteiger partial charge in [-0.2, -0.15) is 14.9 Å². The molecule has 0 atom stereocenters. The molecule has 0 fully saturated rings. The molecule has 3 aromatic rings. The Morgan fingerprint density at radius 1 is 1.04 bits per heavy atom. The first-order chi connectivity index (χ1) is 11.1. The van der Waals surface area contributed by atoms with Crippen molar-refractivity contribution in [3.05, 3.63) is 67.9 Å². The second kappa shape index (κ2) is 6.84. The van der Waals surface area contributed by atoms with Gasteiger partial charge in [0.2, 0.25) is 4.77 Å². The molecule has 0 radical (unpaired) electrons. The number of aromatic amines is 1.